The van der Waals surface area contributed by atoms with E-state index in [2.05, 4.69) is 12.2 Å². The first-order valence-corrected chi connectivity index (χ1v) is 9.30. The third-order valence-corrected chi connectivity index (χ3v) is 4.30. The fourth-order valence-corrected chi connectivity index (χ4v) is 2.69. The molecule has 1 amide bonds. The molecule has 0 aliphatic rings. The third-order valence-electron chi connectivity index (χ3n) is 4.30. The maximum Gasteiger partial charge on any atom is 0.269 e. The van der Waals surface area contributed by atoms with E-state index in [1.54, 1.807) is 37.3 Å². The van der Waals surface area contributed by atoms with Crippen LogP contribution in [0.1, 0.15) is 54.9 Å². The van der Waals surface area contributed by atoms with Crippen LogP contribution in [0.15, 0.2) is 42.5 Å². The number of unbranched alkanes of at least 4 members (excludes halogenated alkanes) is 4. The van der Waals surface area contributed by atoms with E-state index in [-0.39, 0.29) is 11.6 Å². The van der Waals surface area contributed by atoms with E-state index < -0.39 is 4.92 Å². The molecule has 0 atom stereocenters. The molecule has 144 valence electrons. The average molecular weight is 370 g/mol. The summed E-state index contributed by atoms with van der Waals surface area (Å²) in [6.07, 6.45) is 5.92. The zero-order valence-corrected chi connectivity index (χ0v) is 15.9. The maximum atomic E-state index is 12.4. The van der Waals surface area contributed by atoms with Gasteiger partial charge in [-0.3, -0.25) is 14.9 Å². The molecule has 2 rings (SSSR count). The van der Waals surface area contributed by atoms with Crippen LogP contribution in [0, 0.1) is 17.0 Å². The number of rotatable bonds is 10. The molecule has 27 heavy (non-hydrogen) atoms. The van der Waals surface area contributed by atoms with Crippen LogP contribution in [0.2, 0.25) is 0 Å². The van der Waals surface area contributed by atoms with E-state index in [1.165, 1.54) is 37.8 Å². The lowest BCUT2D eigenvalue weighted by Gasteiger charge is -2.09. The minimum atomic E-state index is -0.457. The van der Waals surface area contributed by atoms with E-state index in [0.717, 1.165) is 12.2 Å². The van der Waals surface area contributed by atoms with Crippen molar-refractivity contribution in [2.45, 2.75) is 46.0 Å². The van der Waals surface area contributed by atoms with Gasteiger partial charge in [0, 0.05) is 23.4 Å². The predicted molar refractivity (Wildman–Crippen MR) is 106 cm³/mol. The standard InChI is InChI=1S/C21H26N2O4/c1-3-4-5-6-7-14-27-19-11-8-17(9-12-19)21(24)22-20-13-10-18(23(25)26)15-16(20)2/h8-13,15H,3-7,14H2,1-2H3,(H,22,24). The molecule has 1 N–H and O–H groups in total. The Hall–Kier alpha value is -2.89. The first kappa shape index (κ1) is 20.4. The van der Waals surface area contributed by atoms with Crippen molar-refractivity contribution in [2.24, 2.45) is 0 Å². The van der Waals surface area contributed by atoms with Crippen molar-refractivity contribution in [3.05, 3.63) is 63.7 Å². The summed E-state index contributed by atoms with van der Waals surface area (Å²) >= 11 is 0. The second kappa shape index (κ2) is 10.3. The Balaban J connectivity index is 1.87. The third kappa shape index (κ3) is 6.40. The molecule has 0 aromatic heterocycles. The highest BCUT2D eigenvalue weighted by Gasteiger charge is 2.11. The number of carbonyl (C=O) groups excluding carboxylic acids is 1. The van der Waals surface area contributed by atoms with Crippen molar-refractivity contribution < 1.29 is 14.5 Å². The Morgan fingerprint density at radius 2 is 1.78 bits per heavy atom. The first-order chi connectivity index (χ1) is 13.0. The molecular weight excluding hydrogens is 344 g/mol. The fourth-order valence-electron chi connectivity index (χ4n) is 2.69. The molecule has 0 saturated carbocycles. The molecule has 2 aromatic rings. The highest BCUT2D eigenvalue weighted by atomic mass is 16.6. The van der Waals surface area contributed by atoms with Gasteiger partial charge in [0.2, 0.25) is 0 Å². The molecule has 0 unspecified atom stereocenters. The van der Waals surface area contributed by atoms with Crippen LogP contribution >= 0.6 is 0 Å². The van der Waals surface area contributed by atoms with Crippen LogP contribution in [0.4, 0.5) is 11.4 Å². The number of anilines is 1. The number of nitrogens with one attached hydrogen (secondary N) is 1. The van der Waals surface area contributed by atoms with Gasteiger partial charge in [0.25, 0.3) is 11.6 Å². The first-order valence-electron chi connectivity index (χ1n) is 9.30. The number of nitro groups is 1. The SMILES string of the molecule is CCCCCCCOc1ccc(C(=O)Nc2ccc([N+](=O)[O-])cc2C)cc1. The number of carbonyl (C=O) groups is 1. The Morgan fingerprint density at radius 1 is 1.07 bits per heavy atom. The Kier molecular flexibility index (Phi) is 7.79. The molecule has 0 aliphatic carbocycles. The van der Waals surface area contributed by atoms with Crippen molar-refractivity contribution in [1.82, 2.24) is 0 Å². The van der Waals surface area contributed by atoms with Gasteiger partial charge in [0.15, 0.2) is 0 Å². The summed E-state index contributed by atoms with van der Waals surface area (Å²) in [4.78, 5) is 22.7. The maximum absolute atomic E-state index is 12.4. The van der Waals surface area contributed by atoms with Gasteiger partial charge in [0.05, 0.1) is 11.5 Å². The number of hydrogen-bond acceptors (Lipinski definition) is 4. The zero-order valence-electron chi connectivity index (χ0n) is 15.9. The van der Waals surface area contributed by atoms with Crippen LogP contribution in [0.5, 0.6) is 5.75 Å². The van der Waals surface area contributed by atoms with Gasteiger partial charge in [-0.2, -0.15) is 0 Å². The van der Waals surface area contributed by atoms with E-state index in [0.29, 0.717) is 23.4 Å². The molecule has 0 fully saturated rings. The Morgan fingerprint density at radius 3 is 2.41 bits per heavy atom. The highest BCUT2D eigenvalue weighted by Crippen LogP contribution is 2.22. The number of hydrogen-bond donors (Lipinski definition) is 1. The molecule has 0 heterocycles. The van der Waals surface area contributed by atoms with Crippen molar-refractivity contribution in [3.8, 4) is 5.75 Å². The van der Waals surface area contributed by atoms with Crippen molar-refractivity contribution in [1.29, 1.82) is 0 Å². The summed E-state index contributed by atoms with van der Waals surface area (Å²) in [5.41, 5.74) is 1.70. The summed E-state index contributed by atoms with van der Waals surface area (Å²) in [5, 5.41) is 13.6. The monoisotopic (exact) mass is 370 g/mol. The topological polar surface area (TPSA) is 81.5 Å². The van der Waals surface area contributed by atoms with Crippen LogP contribution in [0.3, 0.4) is 0 Å². The number of aryl methyl sites for hydroxylation is 1. The average Bonchev–Trinajstić information content (AvgIpc) is 2.66. The van der Waals surface area contributed by atoms with Gasteiger partial charge in [0.1, 0.15) is 5.75 Å². The fraction of sp³-hybridized carbons (Fsp3) is 0.381. The highest BCUT2D eigenvalue weighted by molar-refractivity contribution is 6.04. The van der Waals surface area contributed by atoms with Crippen molar-refractivity contribution in [3.63, 3.8) is 0 Å². The normalized spacial score (nSPS) is 10.4. The molecule has 0 spiro atoms. The Bertz CT molecular complexity index is 772. The number of ether oxygens (including phenoxy) is 1. The number of nitro benzene ring substituents is 1. The van der Waals surface area contributed by atoms with Gasteiger partial charge in [-0.15, -0.1) is 0 Å². The number of amides is 1. The van der Waals surface area contributed by atoms with Gasteiger partial charge >= 0.3 is 0 Å². The minimum absolute atomic E-state index is 0.00157. The lowest BCUT2D eigenvalue weighted by Crippen LogP contribution is -2.12. The van der Waals surface area contributed by atoms with Crippen LogP contribution in [0.25, 0.3) is 0 Å². The summed E-state index contributed by atoms with van der Waals surface area (Å²) in [6, 6.07) is 11.3. The molecule has 0 radical (unpaired) electrons. The minimum Gasteiger partial charge on any atom is -0.494 e. The molecule has 6 heteroatoms. The molecule has 0 aliphatic heterocycles. The van der Waals surface area contributed by atoms with Gasteiger partial charge < -0.3 is 10.1 Å². The summed E-state index contributed by atoms with van der Waals surface area (Å²) in [6.45, 7) is 4.59. The number of benzene rings is 2. The molecule has 0 saturated heterocycles. The van der Waals surface area contributed by atoms with Crippen LogP contribution in [-0.4, -0.2) is 17.4 Å². The summed E-state index contributed by atoms with van der Waals surface area (Å²) in [7, 11) is 0. The predicted octanol–water partition coefficient (Wildman–Crippen LogP) is 5.50. The largest absolute Gasteiger partial charge is 0.494 e. The van der Waals surface area contributed by atoms with Gasteiger partial charge in [-0.1, -0.05) is 32.6 Å². The van der Waals surface area contributed by atoms with Crippen LogP contribution in [-0.2, 0) is 0 Å². The molecular formula is C21H26N2O4. The zero-order chi connectivity index (χ0) is 19.6. The number of non-ortho nitro benzene ring substituents is 1. The van der Waals surface area contributed by atoms with Crippen LogP contribution < -0.4 is 10.1 Å². The molecule has 2 aromatic carbocycles. The molecule has 0 bridgehead atoms. The lowest BCUT2D eigenvalue weighted by atomic mass is 10.1. The van der Waals surface area contributed by atoms with E-state index in [9.17, 15) is 14.9 Å². The second-order valence-electron chi connectivity index (χ2n) is 6.50. The van der Waals surface area contributed by atoms with E-state index >= 15 is 0 Å². The van der Waals surface area contributed by atoms with E-state index in [4.69, 9.17) is 4.74 Å². The second-order valence-corrected chi connectivity index (χ2v) is 6.50. The summed E-state index contributed by atoms with van der Waals surface area (Å²) < 4.78 is 5.70. The van der Waals surface area contributed by atoms with E-state index in [1.807, 2.05) is 0 Å². The van der Waals surface area contributed by atoms with Crippen molar-refractivity contribution in [2.75, 3.05) is 11.9 Å². The van der Waals surface area contributed by atoms with Crippen molar-refractivity contribution >= 4 is 17.3 Å². The smallest absolute Gasteiger partial charge is 0.269 e. The lowest BCUT2D eigenvalue weighted by molar-refractivity contribution is -0.384. The van der Waals surface area contributed by atoms with Gasteiger partial charge in [-0.25, -0.2) is 0 Å². The quantitative estimate of drug-likeness (QED) is 0.340. The van der Waals surface area contributed by atoms with Gasteiger partial charge in [-0.05, 0) is 49.2 Å². The Labute approximate surface area is 159 Å². The number of nitrogens with zero attached hydrogens (tertiary/aromatic N) is 1. The molecule has 6 nitrogen and oxygen atoms in total. The summed E-state index contributed by atoms with van der Waals surface area (Å²) in [5.74, 6) is 0.478.